The summed E-state index contributed by atoms with van der Waals surface area (Å²) in [5.41, 5.74) is 1.58. The van der Waals surface area contributed by atoms with E-state index in [9.17, 15) is 5.26 Å². The summed E-state index contributed by atoms with van der Waals surface area (Å²) in [5, 5.41) is 9.67. The normalized spacial score (nSPS) is 23.3. The first kappa shape index (κ1) is 13.8. The summed E-state index contributed by atoms with van der Waals surface area (Å²) in [7, 11) is -1.76. The van der Waals surface area contributed by atoms with Crippen molar-refractivity contribution in [1.29, 1.82) is 5.26 Å². The Hall–Kier alpha value is -0.633. The van der Waals surface area contributed by atoms with Crippen molar-refractivity contribution in [1.82, 2.24) is 0 Å². The Labute approximate surface area is 118 Å². The highest BCUT2D eigenvalue weighted by atomic mass is 79.9. The number of halogens is 1. The van der Waals surface area contributed by atoms with Gasteiger partial charge < -0.3 is 4.43 Å². The fourth-order valence-electron chi connectivity index (χ4n) is 2.57. The zero-order chi connectivity index (χ0) is 13.4. The monoisotopic (exact) mass is 323 g/mol. The molecule has 1 atom stereocenters. The maximum Gasteiger partial charge on any atom is 0.186 e. The fourth-order valence-corrected chi connectivity index (χ4v) is 4.24. The highest BCUT2D eigenvalue weighted by Gasteiger charge is 2.41. The minimum absolute atomic E-state index is 0.734. The Morgan fingerprint density at radius 1 is 1.39 bits per heavy atom. The molecule has 0 aromatic heterocycles. The van der Waals surface area contributed by atoms with Gasteiger partial charge in [-0.25, -0.2) is 0 Å². The predicted molar refractivity (Wildman–Crippen MR) is 78.8 cm³/mol. The molecule has 96 valence electrons. The molecular weight excluding hydrogens is 306 g/mol. The van der Waals surface area contributed by atoms with Crippen LogP contribution in [0.1, 0.15) is 24.0 Å². The van der Waals surface area contributed by atoms with Crippen LogP contribution in [0.25, 0.3) is 0 Å². The third-order valence-electron chi connectivity index (χ3n) is 3.14. The van der Waals surface area contributed by atoms with Crippen LogP contribution in [-0.2, 0) is 16.4 Å². The van der Waals surface area contributed by atoms with E-state index in [1.165, 1.54) is 5.56 Å². The topological polar surface area (TPSA) is 33.0 Å². The van der Waals surface area contributed by atoms with Crippen LogP contribution >= 0.6 is 15.9 Å². The average molecular weight is 324 g/mol. The van der Waals surface area contributed by atoms with Gasteiger partial charge in [-0.2, -0.15) is 5.26 Å². The minimum Gasteiger partial charge on any atom is -0.396 e. The molecule has 1 aromatic rings. The van der Waals surface area contributed by atoms with E-state index in [-0.39, 0.29) is 0 Å². The van der Waals surface area contributed by atoms with Crippen molar-refractivity contribution in [2.75, 3.05) is 0 Å². The van der Waals surface area contributed by atoms with Crippen molar-refractivity contribution in [3.8, 4) is 6.07 Å². The van der Waals surface area contributed by atoms with Crippen molar-refractivity contribution in [3.05, 3.63) is 33.8 Å². The van der Waals surface area contributed by atoms with Gasteiger partial charge in [-0.3, -0.25) is 0 Å². The van der Waals surface area contributed by atoms with Gasteiger partial charge in [0.15, 0.2) is 13.9 Å². The Balaban J connectivity index is 2.52. The van der Waals surface area contributed by atoms with Crippen LogP contribution in [0.3, 0.4) is 0 Å². The van der Waals surface area contributed by atoms with Crippen molar-refractivity contribution >= 4 is 24.2 Å². The molecule has 0 N–H and O–H groups in total. The van der Waals surface area contributed by atoms with Gasteiger partial charge in [0, 0.05) is 10.0 Å². The van der Waals surface area contributed by atoms with Gasteiger partial charge in [0.2, 0.25) is 0 Å². The van der Waals surface area contributed by atoms with E-state index in [0.29, 0.717) is 0 Å². The summed E-state index contributed by atoms with van der Waals surface area (Å²) in [6, 6.07) is 8.65. The first-order valence-electron chi connectivity index (χ1n) is 6.27. The largest absolute Gasteiger partial charge is 0.396 e. The molecule has 0 fully saturated rings. The Morgan fingerprint density at radius 2 is 2.11 bits per heavy atom. The zero-order valence-electron chi connectivity index (χ0n) is 11.1. The van der Waals surface area contributed by atoms with E-state index in [1.54, 1.807) is 0 Å². The second-order valence-electron chi connectivity index (χ2n) is 5.81. The summed E-state index contributed by atoms with van der Waals surface area (Å²) in [6.07, 6.45) is 2.87. The first-order valence-corrected chi connectivity index (χ1v) is 10.5. The van der Waals surface area contributed by atoms with Gasteiger partial charge in [-0.15, -0.1) is 0 Å². The molecule has 0 amide bonds. The van der Waals surface area contributed by atoms with Crippen LogP contribution < -0.4 is 0 Å². The molecule has 18 heavy (non-hydrogen) atoms. The molecular formula is C14H18BrNOSi. The molecule has 2 rings (SSSR count). The number of hydrogen-bond acceptors (Lipinski definition) is 2. The number of fused-ring (bicyclic) bond motifs is 1. The van der Waals surface area contributed by atoms with Crippen LogP contribution in [0.15, 0.2) is 22.7 Å². The second-order valence-corrected chi connectivity index (χ2v) is 11.2. The van der Waals surface area contributed by atoms with E-state index < -0.39 is 13.9 Å². The van der Waals surface area contributed by atoms with E-state index in [2.05, 4.69) is 53.8 Å². The highest BCUT2D eigenvalue weighted by molar-refractivity contribution is 9.10. The number of benzene rings is 1. The minimum atomic E-state index is -1.76. The lowest BCUT2D eigenvalue weighted by Gasteiger charge is -2.38. The number of aryl methyl sites for hydroxylation is 1. The Morgan fingerprint density at radius 3 is 2.72 bits per heavy atom. The van der Waals surface area contributed by atoms with Crippen molar-refractivity contribution in [3.63, 3.8) is 0 Å². The molecule has 0 spiro atoms. The lowest BCUT2D eigenvalue weighted by Crippen LogP contribution is -2.42. The molecule has 4 heteroatoms. The number of hydrogen-bond donors (Lipinski definition) is 0. The summed E-state index contributed by atoms with van der Waals surface area (Å²) in [4.78, 5) is 0. The van der Waals surface area contributed by atoms with Gasteiger partial charge in [-0.05, 0) is 56.6 Å². The molecule has 0 saturated heterocycles. The van der Waals surface area contributed by atoms with E-state index in [0.717, 1.165) is 29.3 Å². The van der Waals surface area contributed by atoms with Crippen LogP contribution in [0.4, 0.5) is 0 Å². The Kier molecular flexibility index (Phi) is 3.68. The summed E-state index contributed by atoms with van der Waals surface area (Å²) >= 11 is 3.50. The maximum atomic E-state index is 9.67. The summed E-state index contributed by atoms with van der Waals surface area (Å²) in [6.45, 7) is 6.41. The molecule has 0 bridgehead atoms. The quantitative estimate of drug-likeness (QED) is 0.758. The van der Waals surface area contributed by atoms with Gasteiger partial charge in [0.1, 0.15) is 6.07 Å². The second kappa shape index (κ2) is 4.80. The smallest absolute Gasteiger partial charge is 0.186 e. The van der Waals surface area contributed by atoms with E-state index >= 15 is 0 Å². The molecule has 1 aromatic carbocycles. The van der Waals surface area contributed by atoms with Gasteiger partial charge >= 0.3 is 0 Å². The lowest BCUT2D eigenvalue weighted by atomic mass is 9.80. The molecule has 1 aliphatic carbocycles. The van der Waals surface area contributed by atoms with Crippen molar-refractivity contribution in [2.24, 2.45) is 0 Å². The van der Waals surface area contributed by atoms with Gasteiger partial charge in [0.05, 0.1) is 0 Å². The molecule has 0 saturated carbocycles. The number of nitrogens with zero attached hydrogens (tertiary/aromatic N) is 1. The molecule has 0 heterocycles. The number of rotatable bonds is 2. The van der Waals surface area contributed by atoms with E-state index in [4.69, 9.17) is 4.43 Å². The zero-order valence-corrected chi connectivity index (χ0v) is 13.7. The van der Waals surface area contributed by atoms with Crippen LogP contribution in [-0.4, -0.2) is 8.32 Å². The van der Waals surface area contributed by atoms with Gasteiger partial charge in [0.25, 0.3) is 0 Å². The molecule has 1 unspecified atom stereocenters. The maximum absolute atomic E-state index is 9.67. The number of nitriles is 1. The first-order chi connectivity index (χ1) is 8.36. The van der Waals surface area contributed by atoms with Crippen LogP contribution in [0.2, 0.25) is 19.6 Å². The fraction of sp³-hybridized carbons (Fsp3) is 0.500. The lowest BCUT2D eigenvalue weighted by molar-refractivity contribution is 0.0983. The molecule has 1 aliphatic rings. The summed E-state index contributed by atoms with van der Waals surface area (Å²) < 4.78 is 7.27. The molecule has 0 aliphatic heterocycles. The molecule has 2 nitrogen and oxygen atoms in total. The van der Waals surface area contributed by atoms with Crippen molar-refractivity contribution in [2.45, 2.75) is 44.5 Å². The molecule has 0 radical (unpaired) electrons. The Bertz CT molecular complexity index is 503. The van der Waals surface area contributed by atoms with Crippen molar-refractivity contribution < 1.29 is 4.43 Å². The third-order valence-corrected chi connectivity index (χ3v) is 4.60. The summed E-state index contributed by atoms with van der Waals surface area (Å²) in [5.74, 6) is 0. The van der Waals surface area contributed by atoms with Crippen LogP contribution in [0.5, 0.6) is 0 Å². The standard InChI is InChI=1S/C14H18BrNOSi/c1-18(2,3)17-14(10-16)8-4-5-11-6-7-12(15)9-13(11)14/h6-7,9H,4-5,8H2,1-3H3. The van der Waals surface area contributed by atoms with E-state index in [1.807, 2.05) is 6.07 Å². The SMILES string of the molecule is C[Si](C)(C)OC1(C#N)CCCc2ccc(Br)cc21. The highest BCUT2D eigenvalue weighted by Crippen LogP contribution is 2.41. The van der Waals surface area contributed by atoms with Gasteiger partial charge in [-0.1, -0.05) is 22.0 Å². The predicted octanol–water partition coefficient (Wildman–Crippen LogP) is 4.36. The average Bonchev–Trinajstić information content (AvgIpc) is 2.28. The van der Waals surface area contributed by atoms with Crippen LogP contribution in [0, 0.1) is 11.3 Å². The third kappa shape index (κ3) is 2.69.